The zero-order chi connectivity index (χ0) is 20.4. The standard InChI is InChI=1S/C19H18N4O5/c24-17(20-15-6-2-1-3-7-15)11-12-19(26)22-21-18(25)10-9-14-5-4-8-16(13-14)23(27)28/h1-10,13H,11-12H2,(H,20,24)(H,21,25)(H,22,26)/b10-9+. The Bertz CT molecular complexity index is 896. The van der Waals surface area contributed by atoms with E-state index in [0.29, 0.717) is 11.3 Å². The summed E-state index contributed by atoms with van der Waals surface area (Å²) in [5, 5.41) is 13.4. The first-order chi connectivity index (χ1) is 13.4. The van der Waals surface area contributed by atoms with Crippen LogP contribution in [0, 0.1) is 10.1 Å². The highest BCUT2D eigenvalue weighted by Gasteiger charge is 2.08. The Labute approximate surface area is 160 Å². The first kappa shape index (κ1) is 20.3. The third kappa shape index (κ3) is 7.08. The molecule has 0 heterocycles. The molecular formula is C19H18N4O5. The molecule has 9 heteroatoms. The molecule has 0 aliphatic carbocycles. The van der Waals surface area contributed by atoms with Crippen LogP contribution in [0.1, 0.15) is 18.4 Å². The molecule has 0 unspecified atom stereocenters. The van der Waals surface area contributed by atoms with E-state index in [9.17, 15) is 24.5 Å². The molecule has 0 aliphatic heterocycles. The number of benzene rings is 2. The summed E-state index contributed by atoms with van der Waals surface area (Å²) in [6.07, 6.45) is 2.36. The zero-order valence-corrected chi connectivity index (χ0v) is 14.8. The number of non-ortho nitro benzene ring substituents is 1. The molecule has 2 aromatic carbocycles. The Morgan fingerprint density at radius 1 is 0.929 bits per heavy atom. The molecule has 3 amide bonds. The van der Waals surface area contributed by atoms with Crippen molar-refractivity contribution in [3.05, 3.63) is 76.4 Å². The van der Waals surface area contributed by atoms with E-state index in [4.69, 9.17) is 0 Å². The quantitative estimate of drug-likeness (QED) is 0.384. The van der Waals surface area contributed by atoms with Crippen molar-refractivity contribution in [1.29, 1.82) is 0 Å². The summed E-state index contributed by atoms with van der Waals surface area (Å²) in [6, 6.07) is 14.6. The van der Waals surface area contributed by atoms with Crippen molar-refractivity contribution in [2.24, 2.45) is 0 Å². The molecule has 3 N–H and O–H groups in total. The summed E-state index contributed by atoms with van der Waals surface area (Å²) >= 11 is 0. The number of carbonyl (C=O) groups excluding carboxylic acids is 3. The average molecular weight is 382 g/mol. The molecule has 144 valence electrons. The van der Waals surface area contributed by atoms with Crippen LogP contribution < -0.4 is 16.2 Å². The molecule has 0 spiro atoms. The largest absolute Gasteiger partial charge is 0.326 e. The van der Waals surface area contributed by atoms with Gasteiger partial charge in [0, 0.05) is 36.7 Å². The zero-order valence-electron chi connectivity index (χ0n) is 14.8. The number of nitrogens with one attached hydrogen (secondary N) is 3. The Kier molecular flexibility index (Phi) is 7.41. The molecule has 0 saturated heterocycles. The Hall–Kier alpha value is -4.01. The van der Waals surface area contributed by atoms with Crippen LogP contribution in [0.4, 0.5) is 11.4 Å². The van der Waals surface area contributed by atoms with Crippen molar-refractivity contribution < 1.29 is 19.3 Å². The number of carbonyl (C=O) groups is 3. The molecule has 0 aliphatic rings. The number of hydrazine groups is 1. The highest BCUT2D eigenvalue weighted by Crippen LogP contribution is 2.14. The first-order valence-corrected chi connectivity index (χ1v) is 8.30. The van der Waals surface area contributed by atoms with Crippen molar-refractivity contribution in [2.45, 2.75) is 12.8 Å². The lowest BCUT2D eigenvalue weighted by Gasteiger charge is -2.06. The molecule has 28 heavy (non-hydrogen) atoms. The van der Waals surface area contributed by atoms with Crippen molar-refractivity contribution in [1.82, 2.24) is 10.9 Å². The molecule has 0 aromatic heterocycles. The molecule has 9 nitrogen and oxygen atoms in total. The van der Waals surface area contributed by atoms with Crippen LogP contribution in [0.3, 0.4) is 0 Å². The third-order valence-corrected chi connectivity index (χ3v) is 3.47. The fourth-order valence-electron chi connectivity index (χ4n) is 2.12. The van der Waals surface area contributed by atoms with Crippen molar-refractivity contribution >= 4 is 35.2 Å². The normalized spacial score (nSPS) is 10.3. The average Bonchev–Trinajstić information content (AvgIpc) is 2.70. The summed E-state index contributed by atoms with van der Waals surface area (Å²) in [7, 11) is 0. The number of hydrogen-bond acceptors (Lipinski definition) is 5. The van der Waals surface area contributed by atoms with Crippen LogP contribution in [0.2, 0.25) is 0 Å². The lowest BCUT2D eigenvalue weighted by Crippen LogP contribution is -2.41. The number of rotatable bonds is 7. The van der Waals surface area contributed by atoms with Gasteiger partial charge in [0.1, 0.15) is 0 Å². The summed E-state index contributed by atoms with van der Waals surface area (Å²) in [5.41, 5.74) is 5.37. The molecule has 0 radical (unpaired) electrons. The molecule has 0 fully saturated rings. The second kappa shape index (κ2) is 10.2. The maximum atomic E-state index is 11.8. The predicted octanol–water partition coefficient (Wildman–Crippen LogP) is 2.17. The van der Waals surface area contributed by atoms with Crippen LogP contribution in [0.5, 0.6) is 0 Å². The molecule has 0 saturated carbocycles. The van der Waals surface area contributed by atoms with Gasteiger partial charge < -0.3 is 5.32 Å². The van der Waals surface area contributed by atoms with Gasteiger partial charge in [-0.05, 0) is 23.8 Å². The minimum Gasteiger partial charge on any atom is -0.326 e. The SMILES string of the molecule is O=C(/C=C/c1cccc([N+](=O)[O-])c1)NNC(=O)CCC(=O)Nc1ccccc1. The third-order valence-electron chi connectivity index (χ3n) is 3.47. The van der Waals surface area contributed by atoms with Gasteiger partial charge in [-0.2, -0.15) is 0 Å². The molecule has 0 atom stereocenters. The van der Waals surface area contributed by atoms with Gasteiger partial charge in [0.05, 0.1) is 4.92 Å². The van der Waals surface area contributed by atoms with Crippen LogP contribution >= 0.6 is 0 Å². The molecule has 2 aromatic rings. The van der Waals surface area contributed by atoms with Crippen molar-refractivity contribution in [3.8, 4) is 0 Å². The van der Waals surface area contributed by atoms with Crippen LogP contribution in [0.15, 0.2) is 60.7 Å². The Morgan fingerprint density at radius 2 is 1.64 bits per heavy atom. The van der Waals surface area contributed by atoms with Crippen LogP contribution in [-0.4, -0.2) is 22.6 Å². The first-order valence-electron chi connectivity index (χ1n) is 8.30. The lowest BCUT2D eigenvalue weighted by atomic mass is 10.2. The second-order valence-electron chi connectivity index (χ2n) is 5.64. The van der Waals surface area contributed by atoms with E-state index in [2.05, 4.69) is 16.2 Å². The highest BCUT2D eigenvalue weighted by atomic mass is 16.6. The summed E-state index contributed by atoms with van der Waals surface area (Å²) in [4.78, 5) is 45.3. The summed E-state index contributed by atoms with van der Waals surface area (Å²) in [5.74, 6) is -1.47. The summed E-state index contributed by atoms with van der Waals surface area (Å²) < 4.78 is 0. The fraction of sp³-hybridized carbons (Fsp3) is 0.105. The highest BCUT2D eigenvalue weighted by molar-refractivity contribution is 5.95. The topological polar surface area (TPSA) is 130 Å². The number of hydrogen-bond donors (Lipinski definition) is 3. The van der Waals surface area contributed by atoms with E-state index in [0.717, 1.165) is 6.08 Å². The molecule has 0 bridgehead atoms. The number of nitrogens with zero attached hydrogens (tertiary/aromatic N) is 1. The fourth-order valence-corrected chi connectivity index (χ4v) is 2.12. The Balaban J connectivity index is 1.71. The number of nitro groups is 1. The van der Waals surface area contributed by atoms with Gasteiger partial charge in [-0.15, -0.1) is 0 Å². The van der Waals surface area contributed by atoms with Gasteiger partial charge in [-0.1, -0.05) is 30.3 Å². The number of amides is 3. The predicted molar refractivity (Wildman–Crippen MR) is 103 cm³/mol. The second-order valence-corrected chi connectivity index (χ2v) is 5.64. The number of nitro benzene ring substituents is 1. The monoisotopic (exact) mass is 382 g/mol. The van der Waals surface area contributed by atoms with E-state index in [1.807, 2.05) is 6.07 Å². The molecular weight excluding hydrogens is 364 g/mol. The van der Waals surface area contributed by atoms with E-state index < -0.39 is 16.7 Å². The minimum atomic E-state index is -0.617. The maximum Gasteiger partial charge on any atom is 0.270 e. The summed E-state index contributed by atoms with van der Waals surface area (Å²) in [6.45, 7) is 0. The van der Waals surface area contributed by atoms with Gasteiger partial charge in [0.25, 0.3) is 11.6 Å². The van der Waals surface area contributed by atoms with E-state index >= 15 is 0 Å². The lowest BCUT2D eigenvalue weighted by molar-refractivity contribution is -0.384. The van der Waals surface area contributed by atoms with E-state index in [1.54, 1.807) is 30.3 Å². The molecule has 2 rings (SSSR count). The van der Waals surface area contributed by atoms with Gasteiger partial charge in [-0.3, -0.25) is 35.3 Å². The number of anilines is 1. The Morgan fingerprint density at radius 3 is 2.36 bits per heavy atom. The van der Waals surface area contributed by atoms with Crippen molar-refractivity contribution in [3.63, 3.8) is 0 Å². The maximum absolute atomic E-state index is 11.8. The van der Waals surface area contributed by atoms with E-state index in [1.165, 1.54) is 24.3 Å². The van der Waals surface area contributed by atoms with Crippen LogP contribution in [0.25, 0.3) is 6.08 Å². The van der Waals surface area contributed by atoms with Gasteiger partial charge in [0.2, 0.25) is 11.8 Å². The van der Waals surface area contributed by atoms with Gasteiger partial charge in [0.15, 0.2) is 0 Å². The van der Waals surface area contributed by atoms with Crippen LogP contribution in [-0.2, 0) is 14.4 Å². The van der Waals surface area contributed by atoms with E-state index in [-0.39, 0.29) is 24.4 Å². The van der Waals surface area contributed by atoms with Crippen molar-refractivity contribution in [2.75, 3.05) is 5.32 Å². The van der Waals surface area contributed by atoms with Gasteiger partial charge in [-0.25, -0.2) is 0 Å². The smallest absolute Gasteiger partial charge is 0.270 e. The minimum absolute atomic E-state index is 0.0415. The van der Waals surface area contributed by atoms with Gasteiger partial charge >= 0.3 is 0 Å². The number of para-hydroxylation sites is 1.